The van der Waals surface area contributed by atoms with Gasteiger partial charge in [0.25, 0.3) is 11.8 Å². The number of aromatic amines is 1. The van der Waals surface area contributed by atoms with Crippen molar-refractivity contribution in [1.82, 2.24) is 40.9 Å². The first-order valence-corrected chi connectivity index (χ1v) is 12.1. The number of halogens is 3. The van der Waals surface area contributed by atoms with Crippen molar-refractivity contribution in [2.24, 2.45) is 0 Å². The Hall–Kier alpha value is -5.14. The molecule has 3 aromatic heterocycles. The average Bonchev–Trinajstić information content (AvgIpc) is 3.71. The van der Waals surface area contributed by atoms with E-state index >= 15 is 0 Å². The number of rotatable bonds is 6. The molecule has 1 aliphatic rings. The number of aromatic nitrogens is 6. The molecule has 0 saturated heterocycles. The van der Waals surface area contributed by atoms with Crippen molar-refractivity contribution in [2.75, 3.05) is 0 Å². The number of aryl methyl sites for hydroxylation is 1. The summed E-state index contributed by atoms with van der Waals surface area (Å²) in [5.74, 6) is -2.20. The monoisotopic (exact) mass is 548 g/mol. The van der Waals surface area contributed by atoms with E-state index in [-0.39, 0.29) is 29.8 Å². The van der Waals surface area contributed by atoms with Gasteiger partial charge in [-0.3, -0.25) is 14.7 Å². The van der Waals surface area contributed by atoms with Crippen molar-refractivity contribution in [3.63, 3.8) is 0 Å². The molecule has 3 heterocycles. The summed E-state index contributed by atoms with van der Waals surface area (Å²) in [5, 5.41) is 15.8. The van der Waals surface area contributed by atoms with Crippen molar-refractivity contribution >= 4 is 22.8 Å². The molecule has 3 N–H and O–H groups in total. The Bertz CT molecular complexity index is 1750. The number of alkyl halides is 3. The molecule has 1 atom stereocenters. The Balaban J connectivity index is 1.11. The van der Waals surface area contributed by atoms with Gasteiger partial charge in [-0.25, -0.2) is 15.0 Å². The van der Waals surface area contributed by atoms with E-state index in [2.05, 4.69) is 35.8 Å². The highest BCUT2D eigenvalue weighted by atomic mass is 19.4. The zero-order chi connectivity index (χ0) is 27.9. The van der Waals surface area contributed by atoms with Crippen LogP contribution in [-0.2, 0) is 19.1 Å². The van der Waals surface area contributed by atoms with Gasteiger partial charge in [0.1, 0.15) is 17.7 Å². The Morgan fingerprint density at radius 1 is 1.05 bits per heavy atom. The van der Waals surface area contributed by atoms with Gasteiger partial charge in [-0.15, -0.1) is 0 Å². The topological polar surface area (TPSA) is 152 Å². The molecule has 202 valence electrons. The fraction of sp³-hybridized carbons (Fsp3) is 0.192. The lowest BCUT2D eigenvalue weighted by Gasteiger charge is -2.14. The molecular formula is C26H19F3N8O3. The number of nitrogens with one attached hydrogen (secondary N) is 3. The quantitative estimate of drug-likeness (QED) is 0.290. The number of benzene rings is 2. The fourth-order valence-electron chi connectivity index (χ4n) is 4.55. The molecule has 5 aromatic rings. The Labute approximate surface area is 223 Å². The van der Waals surface area contributed by atoms with Gasteiger partial charge >= 0.3 is 6.18 Å². The molecule has 0 saturated carbocycles. The van der Waals surface area contributed by atoms with E-state index in [0.717, 1.165) is 28.4 Å². The smallest absolute Gasteiger partial charge is 0.356 e. The van der Waals surface area contributed by atoms with Gasteiger partial charge in [0.15, 0.2) is 11.4 Å². The number of hydrogen-bond donors (Lipinski definition) is 3. The SMILES string of the molecule is O=C(NCc1ccc2cnoc2c1)c1cc(C(=O)N[C@H]2CCc3cc(-c4n[nH]c(C(F)(F)F)n4)ccc32)ncn1. The molecule has 6 rings (SSSR count). The highest BCUT2D eigenvalue weighted by molar-refractivity contribution is 5.97. The maximum absolute atomic E-state index is 13.0. The third-order valence-electron chi connectivity index (χ3n) is 6.54. The predicted octanol–water partition coefficient (Wildman–Crippen LogP) is 3.77. The fourth-order valence-corrected chi connectivity index (χ4v) is 4.55. The number of carbonyl (C=O) groups excluding carboxylic acids is 2. The zero-order valence-corrected chi connectivity index (χ0v) is 20.5. The van der Waals surface area contributed by atoms with Gasteiger partial charge in [0.05, 0.1) is 12.2 Å². The zero-order valence-electron chi connectivity index (χ0n) is 20.5. The highest BCUT2D eigenvalue weighted by Gasteiger charge is 2.35. The summed E-state index contributed by atoms with van der Waals surface area (Å²) in [6.45, 7) is 0.215. The molecule has 0 aliphatic heterocycles. The molecule has 2 aromatic carbocycles. The Morgan fingerprint density at radius 2 is 1.88 bits per heavy atom. The second-order valence-corrected chi connectivity index (χ2v) is 9.15. The van der Waals surface area contributed by atoms with Crippen LogP contribution in [0.25, 0.3) is 22.4 Å². The van der Waals surface area contributed by atoms with E-state index in [1.807, 2.05) is 17.2 Å². The summed E-state index contributed by atoms with van der Waals surface area (Å²) >= 11 is 0. The van der Waals surface area contributed by atoms with Crippen LogP contribution < -0.4 is 10.6 Å². The molecule has 0 bridgehead atoms. The molecule has 0 spiro atoms. The van der Waals surface area contributed by atoms with Crippen LogP contribution in [-0.4, -0.2) is 42.1 Å². The van der Waals surface area contributed by atoms with Crippen LogP contribution in [0.2, 0.25) is 0 Å². The maximum atomic E-state index is 13.0. The largest absolute Gasteiger partial charge is 0.451 e. The van der Waals surface area contributed by atoms with Crippen molar-refractivity contribution in [3.8, 4) is 11.4 Å². The summed E-state index contributed by atoms with van der Waals surface area (Å²) < 4.78 is 43.7. The first kappa shape index (κ1) is 25.2. The molecule has 14 heteroatoms. The number of nitrogens with zero attached hydrogens (tertiary/aromatic N) is 5. The summed E-state index contributed by atoms with van der Waals surface area (Å²) in [6.07, 6.45) is -0.694. The van der Waals surface area contributed by atoms with Crippen LogP contribution in [0.5, 0.6) is 0 Å². The molecular weight excluding hydrogens is 529 g/mol. The van der Waals surface area contributed by atoms with Gasteiger partial charge in [0.2, 0.25) is 5.82 Å². The molecule has 0 unspecified atom stereocenters. The number of hydrogen-bond acceptors (Lipinski definition) is 8. The standard InChI is InChI=1S/C26H19F3N8O3/c27-26(28,29)25-35-22(36-37-25)15-3-5-17-14(8-15)4-6-18(17)34-24(39)20-9-19(31-12-32-20)23(38)30-10-13-1-2-16-11-33-40-21(16)7-13/h1-3,5,7-9,11-12,18H,4,6,10H2,(H,30,38)(H,34,39)(H,35,36,37)/t18-/m0/s1. The maximum Gasteiger partial charge on any atom is 0.451 e. The second kappa shape index (κ2) is 9.87. The second-order valence-electron chi connectivity index (χ2n) is 9.15. The number of fused-ring (bicyclic) bond motifs is 2. The minimum absolute atomic E-state index is 0.0219. The molecule has 2 amide bonds. The molecule has 0 fully saturated rings. The molecule has 0 radical (unpaired) electrons. The number of amides is 2. The van der Waals surface area contributed by atoms with E-state index in [1.54, 1.807) is 30.5 Å². The van der Waals surface area contributed by atoms with E-state index in [9.17, 15) is 22.8 Å². The van der Waals surface area contributed by atoms with Gasteiger partial charge < -0.3 is 15.2 Å². The van der Waals surface area contributed by atoms with Crippen LogP contribution in [0, 0.1) is 0 Å². The molecule has 11 nitrogen and oxygen atoms in total. The summed E-state index contributed by atoms with van der Waals surface area (Å²) in [7, 11) is 0. The van der Waals surface area contributed by atoms with Crippen molar-refractivity contribution in [1.29, 1.82) is 0 Å². The average molecular weight is 548 g/mol. The van der Waals surface area contributed by atoms with Gasteiger partial charge in [-0.2, -0.15) is 18.3 Å². The van der Waals surface area contributed by atoms with Crippen molar-refractivity contribution < 1.29 is 27.3 Å². The van der Waals surface area contributed by atoms with Gasteiger partial charge in [-0.1, -0.05) is 23.4 Å². The lowest BCUT2D eigenvalue weighted by molar-refractivity contribution is -0.144. The third-order valence-corrected chi connectivity index (χ3v) is 6.54. The minimum Gasteiger partial charge on any atom is -0.356 e. The summed E-state index contributed by atoms with van der Waals surface area (Å²) in [4.78, 5) is 37.2. The minimum atomic E-state index is -4.62. The van der Waals surface area contributed by atoms with E-state index in [0.29, 0.717) is 24.0 Å². The van der Waals surface area contributed by atoms with E-state index in [1.165, 1.54) is 6.07 Å². The number of carbonyl (C=O) groups is 2. The number of H-pyrrole nitrogens is 1. The molecule has 1 aliphatic carbocycles. The lowest BCUT2D eigenvalue weighted by Crippen LogP contribution is -2.29. The Kier molecular flexibility index (Phi) is 6.21. The summed E-state index contributed by atoms with van der Waals surface area (Å²) in [5.41, 5.74) is 3.59. The van der Waals surface area contributed by atoms with Gasteiger partial charge in [0, 0.05) is 23.6 Å². The highest BCUT2D eigenvalue weighted by Crippen LogP contribution is 2.34. The van der Waals surface area contributed by atoms with Crippen LogP contribution >= 0.6 is 0 Å². The van der Waals surface area contributed by atoms with Crippen LogP contribution in [0.4, 0.5) is 13.2 Å². The predicted molar refractivity (Wildman–Crippen MR) is 133 cm³/mol. The van der Waals surface area contributed by atoms with Crippen LogP contribution in [0.3, 0.4) is 0 Å². The third kappa shape index (κ3) is 4.98. The van der Waals surface area contributed by atoms with E-state index in [4.69, 9.17) is 4.52 Å². The first-order chi connectivity index (χ1) is 19.2. The van der Waals surface area contributed by atoms with Crippen LogP contribution in [0.15, 0.2) is 59.5 Å². The first-order valence-electron chi connectivity index (χ1n) is 12.1. The summed E-state index contributed by atoms with van der Waals surface area (Å²) in [6, 6.07) is 11.5. The Morgan fingerprint density at radius 3 is 2.67 bits per heavy atom. The molecule has 40 heavy (non-hydrogen) atoms. The lowest BCUT2D eigenvalue weighted by atomic mass is 10.0. The van der Waals surface area contributed by atoms with Crippen LogP contribution in [0.1, 0.15) is 56.0 Å². The van der Waals surface area contributed by atoms with Crippen molar-refractivity contribution in [3.05, 3.63) is 88.9 Å². The van der Waals surface area contributed by atoms with E-state index < -0.39 is 23.8 Å². The normalized spacial score (nSPS) is 14.7. The van der Waals surface area contributed by atoms with Crippen molar-refractivity contribution in [2.45, 2.75) is 31.6 Å². The van der Waals surface area contributed by atoms with Gasteiger partial charge in [-0.05, 0) is 47.7 Å².